The highest BCUT2D eigenvalue weighted by atomic mass is 32.2. The van der Waals surface area contributed by atoms with E-state index in [2.05, 4.69) is 9.82 Å². The molecule has 4 rings (SSSR count). The monoisotopic (exact) mass is 503 g/mol. The number of ether oxygens (including phenoxy) is 1. The summed E-state index contributed by atoms with van der Waals surface area (Å²) in [7, 11) is -5.97. The maximum absolute atomic E-state index is 13.4. The molecule has 0 radical (unpaired) electrons. The minimum atomic E-state index is -4.09. The van der Waals surface area contributed by atoms with Crippen molar-refractivity contribution >= 4 is 31.4 Å². The van der Waals surface area contributed by atoms with E-state index >= 15 is 0 Å². The molecule has 0 aliphatic carbocycles. The Bertz CT molecular complexity index is 1420. The van der Waals surface area contributed by atoms with E-state index in [1.807, 2.05) is 0 Å². The van der Waals surface area contributed by atoms with Crippen LogP contribution in [0.15, 0.2) is 82.8 Å². The highest BCUT2D eigenvalue weighted by Gasteiger charge is 2.37. The van der Waals surface area contributed by atoms with Crippen molar-refractivity contribution in [3.05, 3.63) is 89.7 Å². The van der Waals surface area contributed by atoms with E-state index in [1.165, 1.54) is 12.1 Å². The van der Waals surface area contributed by atoms with Crippen LogP contribution in [0, 0.1) is 5.82 Å². The zero-order chi connectivity index (χ0) is 24.5. The molecule has 3 aromatic carbocycles. The summed E-state index contributed by atoms with van der Waals surface area (Å²) in [6.45, 7) is 0. The smallest absolute Gasteiger partial charge is 0.279 e. The Labute approximate surface area is 197 Å². The second-order valence-electron chi connectivity index (χ2n) is 7.72. The van der Waals surface area contributed by atoms with Gasteiger partial charge in [-0.2, -0.15) is 17.9 Å². The van der Waals surface area contributed by atoms with Gasteiger partial charge in [0, 0.05) is 12.1 Å². The fourth-order valence-electron chi connectivity index (χ4n) is 3.62. The zero-order valence-electron chi connectivity index (χ0n) is 18.3. The summed E-state index contributed by atoms with van der Waals surface area (Å²) in [4.78, 5) is -0.0786. The van der Waals surface area contributed by atoms with Crippen molar-refractivity contribution < 1.29 is 26.0 Å². The molecule has 0 bridgehead atoms. The third kappa shape index (κ3) is 5.05. The molecule has 0 saturated heterocycles. The largest absolute Gasteiger partial charge is 0.497 e. The summed E-state index contributed by atoms with van der Waals surface area (Å²) < 4.78 is 71.8. The van der Waals surface area contributed by atoms with Gasteiger partial charge in [-0.15, -0.1) is 0 Å². The Morgan fingerprint density at radius 3 is 2.12 bits per heavy atom. The number of sulfonamides is 2. The molecule has 8 nitrogen and oxygen atoms in total. The number of halogens is 1. The first-order chi connectivity index (χ1) is 16.1. The molecule has 0 aromatic heterocycles. The van der Waals surface area contributed by atoms with Crippen molar-refractivity contribution in [2.45, 2.75) is 17.4 Å². The molecule has 1 heterocycles. The quantitative estimate of drug-likeness (QED) is 0.529. The first-order valence-electron chi connectivity index (χ1n) is 10.2. The topological polar surface area (TPSA) is 105 Å². The van der Waals surface area contributed by atoms with Crippen molar-refractivity contribution in [3.8, 4) is 5.75 Å². The maximum Gasteiger partial charge on any atom is 0.279 e. The van der Waals surface area contributed by atoms with Gasteiger partial charge < -0.3 is 4.74 Å². The van der Waals surface area contributed by atoms with Crippen LogP contribution < -0.4 is 9.46 Å². The molecule has 0 saturated carbocycles. The molecule has 3 aromatic rings. The predicted octanol–water partition coefficient (Wildman–Crippen LogP) is 3.75. The van der Waals surface area contributed by atoms with E-state index < -0.39 is 31.9 Å². The normalized spacial score (nSPS) is 16.3. The van der Waals surface area contributed by atoms with Gasteiger partial charge in [-0.25, -0.2) is 12.8 Å². The predicted molar refractivity (Wildman–Crippen MR) is 127 cm³/mol. The second-order valence-corrected chi connectivity index (χ2v) is 11.3. The Morgan fingerprint density at radius 2 is 1.56 bits per heavy atom. The van der Waals surface area contributed by atoms with Crippen LogP contribution in [0.25, 0.3) is 0 Å². The molecule has 34 heavy (non-hydrogen) atoms. The van der Waals surface area contributed by atoms with Gasteiger partial charge in [0.05, 0.1) is 30.0 Å². The second kappa shape index (κ2) is 9.07. The van der Waals surface area contributed by atoms with E-state index in [-0.39, 0.29) is 11.3 Å². The van der Waals surface area contributed by atoms with E-state index in [0.717, 1.165) is 22.8 Å². The summed E-state index contributed by atoms with van der Waals surface area (Å²) in [6, 6.07) is 17.5. The fourth-order valence-corrected chi connectivity index (χ4v) is 5.62. The molecule has 0 spiro atoms. The van der Waals surface area contributed by atoms with Crippen molar-refractivity contribution in [3.63, 3.8) is 0 Å². The number of nitrogens with zero attached hydrogens (tertiary/aromatic N) is 2. The number of hydrogen-bond acceptors (Lipinski definition) is 6. The van der Waals surface area contributed by atoms with E-state index in [1.54, 1.807) is 55.6 Å². The maximum atomic E-state index is 13.4. The van der Waals surface area contributed by atoms with Gasteiger partial charge >= 0.3 is 0 Å². The molecule has 1 aliphatic rings. The number of rotatable bonds is 7. The van der Waals surface area contributed by atoms with Crippen LogP contribution in [-0.2, 0) is 20.0 Å². The van der Waals surface area contributed by atoms with Crippen LogP contribution in [0.4, 0.5) is 10.1 Å². The molecule has 0 amide bonds. The highest BCUT2D eigenvalue weighted by molar-refractivity contribution is 7.92. The fraction of sp³-hybridized carbons (Fsp3) is 0.174. The van der Waals surface area contributed by atoms with Crippen LogP contribution in [0.1, 0.15) is 23.6 Å². The average molecular weight is 504 g/mol. The zero-order valence-corrected chi connectivity index (χ0v) is 20.0. The molecule has 178 valence electrons. The molecule has 1 N–H and O–H groups in total. The first kappa shape index (κ1) is 23.7. The number of benzene rings is 3. The lowest BCUT2D eigenvalue weighted by molar-refractivity contribution is 0.370. The van der Waals surface area contributed by atoms with Crippen LogP contribution in [0.3, 0.4) is 0 Å². The summed E-state index contributed by atoms with van der Waals surface area (Å²) in [5, 5.41) is 4.43. The van der Waals surface area contributed by atoms with Gasteiger partial charge in [-0.3, -0.25) is 4.72 Å². The summed E-state index contributed by atoms with van der Waals surface area (Å²) >= 11 is 0. The van der Waals surface area contributed by atoms with Gasteiger partial charge in [0.1, 0.15) is 11.6 Å². The van der Waals surface area contributed by atoms with E-state index in [0.29, 0.717) is 28.3 Å². The molecule has 1 atom stereocenters. The lowest BCUT2D eigenvalue weighted by atomic mass is 9.99. The molecular weight excluding hydrogens is 481 g/mol. The van der Waals surface area contributed by atoms with Crippen LogP contribution in [0.5, 0.6) is 5.75 Å². The number of nitrogens with one attached hydrogen (secondary N) is 1. The van der Waals surface area contributed by atoms with E-state index in [9.17, 15) is 21.2 Å². The van der Waals surface area contributed by atoms with E-state index in [4.69, 9.17) is 4.74 Å². The third-order valence-electron chi connectivity index (χ3n) is 5.25. The SMILES string of the molecule is COc1ccc(C2CC(c3ccc(NS(C)(=O)=O)cc3)=NN2S(=O)(=O)c2ccc(F)cc2)cc1. The summed E-state index contributed by atoms with van der Waals surface area (Å²) in [6.07, 6.45) is 1.34. The molecule has 1 unspecified atom stereocenters. The minimum Gasteiger partial charge on any atom is -0.497 e. The standard InChI is InChI=1S/C23H22FN3O5S2/c1-32-20-11-5-17(6-12-20)23-15-22(16-3-9-19(10-4-16)26-33(2,28)29)25-27(23)34(30,31)21-13-7-18(24)8-14-21/h3-14,23,26H,15H2,1-2H3. The summed E-state index contributed by atoms with van der Waals surface area (Å²) in [5.41, 5.74) is 2.25. The lowest BCUT2D eigenvalue weighted by Gasteiger charge is -2.23. The molecule has 0 fully saturated rings. The van der Waals surface area contributed by atoms with Crippen molar-refractivity contribution in [2.24, 2.45) is 5.10 Å². The third-order valence-corrected chi connectivity index (χ3v) is 7.56. The minimum absolute atomic E-state index is 0.0786. The Morgan fingerprint density at radius 1 is 0.941 bits per heavy atom. The van der Waals surface area contributed by atoms with Crippen LogP contribution >= 0.6 is 0 Å². The Hall–Kier alpha value is -3.44. The number of methoxy groups -OCH3 is 1. The Kier molecular flexibility index (Phi) is 6.32. The van der Waals surface area contributed by atoms with Gasteiger partial charge in [-0.05, 0) is 59.7 Å². The number of hydrogen-bond donors (Lipinski definition) is 1. The van der Waals surface area contributed by atoms with Crippen LogP contribution in [-0.4, -0.2) is 40.3 Å². The van der Waals surface area contributed by atoms with Gasteiger partial charge in [0.2, 0.25) is 10.0 Å². The van der Waals surface area contributed by atoms with Gasteiger partial charge in [0.15, 0.2) is 0 Å². The highest BCUT2D eigenvalue weighted by Crippen LogP contribution is 2.37. The molecule has 11 heteroatoms. The lowest BCUT2D eigenvalue weighted by Crippen LogP contribution is -2.27. The summed E-state index contributed by atoms with van der Waals surface area (Å²) in [5.74, 6) is 0.0869. The average Bonchev–Trinajstić information content (AvgIpc) is 3.25. The van der Waals surface area contributed by atoms with Crippen molar-refractivity contribution in [1.82, 2.24) is 4.41 Å². The number of hydrazone groups is 1. The van der Waals surface area contributed by atoms with Gasteiger partial charge in [0.25, 0.3) is 10.0 Å². The molecule has 1 aliphatic heterocycles. The van der Waals surface area contributed by atoms with Crippen molar-refractivity contribution in [1.29, 1.82) is 0 Å². The Balaban J connectivity index is 1.73. The first-order valence-corrected chi connectivity index (χ1v) is 13.5. The van der Waals surface area contributed by atoms with Gasteiger partial charge in [-0.1, -0.05) is 24.3 Å². The van der Waals surface area contributed by atoms with Crippen LogP contribution in [0.2, 0.25) is 0 Å². The number of anilines is 1. The van der Waals surface area contributed by atoms with Crippen molar-refractivity contribution in [2.75, 3.05) is 18.1 Å². The molecular formula is C23H22FN3O5S2.